The van der Waals surface area contributed by atoms with Crippen LogP contribution in [0.25, 0.3) is 0 Å². The molecular formula is C15H13FN2O. The molecule has 1 aromatic heterocycles. The third-order valence-corrected chi connectivity index (χ3v) is 2.66. The normalized spacial score (nSPS) is 10.1. The lowest BCUT2D eigenvalue weighted by atomic mass is 10.1. The van der Waals surface area contributed by atoms with Crippen LogP contribution in [0.3, 0.4) is 0 Å². The van der Waals surface area contributed by atoms with Gasteiger partial charge < -0.3 is 4.74 Å². The van der Waals surface area contributed by atoms with E-state index in [2.05, 4.69) is 4.98 Å². The van der Waals surface area contributed by atoms with Gasteiger partial charge in [-0.05, 0) is 30.3 Å². The zero-order valence-electron chi connectivity index (χ0n) is 10.3. The van der Waals surface area contributed by atoms with Gasteiger partial charge in [0.15, 0.2) is 0 Å². The van der Waals surface area contributed by atoms with Gasteiger partial charge in [0.2, 0.25) is 0 Å². The van der Waals surface area contributed by atoms with Gasteiger partial charge in [-0.2, -0.15) is 5.26 Å². The van der Waals surface area contributed by atoms with E-state index in [9.17, 15) is 4.39 Å². The Labute approximate surface area is 111 Å². The number of ether oxygens (including phenoxy) is 1. The van der Waals surface area contributed by atoms with Crippen molar-refractivity contribution in [1.29, 1.82) is 5.26 Å². The van der Waals surface area contributed by atoms with Crippen molar-refractivity contribution in [3.8, 4) is 6.07 Å². The molecule has 2 rings (SSSR count). The van der Waals surface area contributed by atoms with Crippen LogP contribution in [0, 0.1) is 17.1 Å². The van der Waals surface area contributed by atoms with Gasteiger partial charge in [0.25, 0.3) is 0 Å². The van der Waals surface area contributed by atoms with Crippen molar-refractivity contribution in [1.82, 2.24) is 4.98 Å². The van der Waals surface area contributed by atoms with Crippen LogP contribution in [0.15, 0.2) is 42.6 Å². The summed E-state index contributed by atoms with van der Waals surface area (Å²) in [6.07, 6.45) is 2.41. The van der Waals surface area contributed by atoms with E-state index in [-0.39, 0.29) is 12.4 Å². The first-order valence-electron chi connectivity index (χ1n) is 5.96. The van der Waals surface area contributed by atoms with E-state index >= 15 is 0 Å². The Bertz CT molecular complexity index is 578. The van der Waals surface area contributed by atoms with Gasteiger partial charge in [0, 0.05) is 23.9 Å². The van der Waals surface area contributed by atoms with Crippen LogP contribution in [-0.2, 0) is 17.8 Å². The number of nitrogens with zero attached hydrogens (tertiary/aromatic N) is 2. The summed E-state index contributed by atoms with van der Waals surface area (Å²) in [6, 6.07) is 11.9. The monoisotopic (exact) mass is 256 g/mol. The minimum absolute atomic E-state index is 0.161. The number of aromatic nitrogens is 1. The molecule has 19 heavy (non-hydrogen) atoms. The maximum absolute atomic E-state index is 13.5. The number of hydrogen-bond donors (Lipinski definition) is 0. The SMILES string of the molecule is N#Cc1ccc(F)c(COCCc2ccccn2)c1. The summed E-state index contributed by atoms with van der Waals surface area (Å²) in [6.45, 7) is 0.626. The maximum atomic E-state index is 13.5. The Morgan fingerprint density at radius 3 is 2.89 bits per heavy atom. The van der Waals surface area contributed by atoms with Gasteiger partial charge in [0.05, 0.1) is 24.8 Å². The summed E-state index contributed by atoms with van der Waals surface area (Å²) in [5, 5.41) is 8.75. The highest BCUT2D eigenvalue weighted by Gasteiger charge is 2.04. The Balaban J connectivity index is 1.85. The number of nitriles is 1. The number of benzene rings is 1. The van der Waals surface area contributed by atoms with Crippen molar-refractivity contribution in [3.63, 3.8) is 0 Å². The summed E-state index contributed by atoms with van der Waals surface area (Å²) in [5.41, 5.74) is 1.78. The molecule has 0 radical (unpaired) electrons. The molecule has 0 aliphatic carbocycles. The molecule has 0 bridgehead atoms. The fourth-order valence-corrected chi connectivity index (χ4v) is 1.66. The first-order chi connectivity index (χ1) is 9.29. The fraction of sp³-hybridized carbons (Fsp3) is 0.200. The molecule has 2 aromatic rings. The molecule has 96 valence electrons. The molecule has 0 saturated carbocycles. The van der Waals surface area contributed by atoms with Crippen LogP contribution < -0.4 is 0 Å². The Hall–Kier alpha value is -2.25. The van der Waals surface area contributed by atoms with Gasteiger partial charge in [-0.25, -0.2) is 4.39 Å². The molecule has 3 nitrogen and oxygen atoms in total. The molecule has 0 amide bonds. The van der Waals surface area contributed by atoms with Crippen LogP contribution in [0.4, 0.5) is 4.39 Å². The second-order valence-electron chi connectivity index (χ2n) is 4.04. The smallest absolute Gasteiger partial charge is 0.128 e. The first-order valence-corrected chi connectivity index (χ1v) is 5.96. The Morgan fingerprint density at radius 1 is 1.26 bits per heavy atom. The second-order valence-corrected chi connectivity index (χ2v) is 4.04. The third-order valence-electron chi connectivity index (χ3n) is 2.66. The number of halogens is 1. The van der Waals surface area contributed by atoms with Crippen LogP contribution in [0.1, 0.15) is 16.8 Å². The van der Waals surface area contributed by atoms with Gasteiger partial charge in [-0.15, -0.1) is 0 Å². The molecule has 0 aliphatic heterocycles. The molecule has 0 fully saturated rings. The van der Waals surface area contributed by atoms with Crippen molar-refractivity contribution >= 4 is 0 Å². The van der Waals surface area contributed by atoms with E-state index in [4.69, 9.17) is 10.00 Å². The van der Waals surface area contributed by atoms with E-state index in [1.54, 1.807) is 6.20 Å². The van der Waals surface area contributed by atoms with Crippen molar-refractivity contribution in [2.24, 2.45) is 0 Å². The summed E-state index contributed by atoms with van der Waals surface area (Å²) in [5.74, 6) is -0.350. The van der Waals surface area contributed by atoms with Crippen molar-refractivity contribution in [3.05, 3.63) is 65.2 Å². The van der Waals surface area contributed by atoms with E-state index < -0.39 is 0 Å². The largest absolute Gasteiger partial charge is 0.376 e. The van der Waals surface area contributed by atoms with E-state index in [0.717, 1.165) is 5.69 Å². The van der Waals surface area contributed by atoms with E-state index in [1.807, 2.05) is 24.3 Å². The molecule has 0 aliphatic rings. The highest BCUT2D eigenvalue weighted by molar-refractivity contribution is 5.33. The summed E-state index contributed by atoms with van der Waals surface area (Å²) in [7, 11) is 0. The molecule has 1 heterocycles. The van der Waals surface area contributed by atoms with Gasteiger partial charge in [-0.1, -0.05) is 6.07 Å². The van der Waals surface area contributed by atoms with Gasteiger partial charge in [-0.3, -0.25) is 4.98 Å². The fourth-order valence-electron chi connectivity index (χ4n) is 1.66. The van der Waals surface area contributed by atoms with Crippen molar-refractivity contribution < 1.29 is 9.13 Å². The maximum Gasteiger partial charge on any atom is 0.128 e. The van der Waals surface area contributed by atoms with Gasteiger partial charge >= 0.3 is 0 Å². The highest BCUT2D eigenvalue weighted by atomic mass is 19.1. The Kier molecular flexibility index (Phi) is 4.60. The van der Waals surface area contributed by atoms with Crippen molar-refractivity contribution in [2.45, 2.75) is 13.0 Å². The molecule has 0 saturated heterocycles. The number of rotatable bonds is 5. The van der Waals surface area contributed by atoms with Crippen LogP contribution in [0.5, 0.6) is 0 Å². The summed E-state index contributed by atoms with van der Waals surface area (Å²) in [4.78, 5) is 4.17. The van der Waals surface area contributed by atoms with Crippen LogP contribution in [-0.4, -0.2) is 11.6 Å². The summed E-state index contributed by atoms with van der Waals surface area (Å²) < 4.78 is 18.9. The molecule has 0 N–H and O–H groups in total. The molecule has 4 heteroatoms. The lowest BCUT2D eigenvalue weighted by Crippen LogP contribution is -2.02. The predicted molar refractivity (Wildman–Crippen MR) is 68.7 cm³/mol. The predicted octanol–water partition coefficient (Wildman–Crippen LogP) is 2.85. The zero-order valence-corrected chi connectivity index (χ0v) is 10.3. The topological polar surface area (TPSA) is 45.9 Å². The standard InChI is InChI=1S/C15H13FN2O/c16-15-5-4-12(10-17)9-13(15)11-19-8-6-14-3-1-2-7-18-14/h1-5,7,9H,6,8,11H2. The number of hydrogen-bond acceptors (Lipinski definition) is 3. The highest BCUT2D eigenvalue weighted by Crippen LogP contribution is 2.11. The molecule has 1 aromatic carbocycles. The molecule has 0 unspecified atom stereocenters. The second kappa shape index (κ2) is 6.62. The zero-order chi connectivity index (χ0) is 13.5. The van der Waals surface area contributed by atoms with Crippen LogP contribution in [0.2, 0.25) is 0 Å². The number of pyridine rings is 1. The summed E-state index contributed by atoms with van der Waals surface area (Å²) >= 11 is 0. The lowest BCUT2D eigenvalue weighted by molar-refractivity contribution is 0.121. The van der Waals surface area contributed by atoms with Crippen LogP contribution >= 0.6 is 0 Å². The third kappa shape index (κ3) is 3.87. The molecule has 0 spiro atoms. The Morgan fingerprint density at radius 2 is 2.16 bits per heavy atom. The lowest BCUT2D eigenvalue weighted by Gasteiger charge is -2.05. The minimum Gasteiger partial charge on any atom is -0.376 e. The quantitative estimate of drug-likeness (QED) is 0.773. The van der Waals surface area contributed by atoms with Gasteiger partial charge in [0.1, 0.15) is 5.82 Å². The first kappa shape index (κ1) is 13.2. The average Bonchev–Trinajstić information content (AvgIpc) is 2.46. The van der Waals surface area contributed by atoms with E-state index in [0.29, 0.717) is 24.2 Å². The van der Waals surface area contributed by atoms with Crippen molar-refractivity contribution in [2.75, 3.05) is 6.61 Å². The molecular weight excluding hydrogens is 243 g/mol. The minimum atomic E-state index is -0.350. The van der Waals surface area contributed by atoms with E-state index in [1.165, 1.54) is 18.2 Å². The molecule has 0 atom stereocenters. The average molecular weight is 256 g/mol.